The van der Waals surface area contributed by atoms with Crippen molar-refractivity contribution in [1.29, 1.82) is 0 Å². The van der Waals surface area contributed by atoms with Gasteiger partial charge in [-0.05, 0) is 25.0 Å². The third-order valence-corrected chi connectivity index (χ3v) is 5.15. The molecule has 0 aromatic heterocycles. The van der Waals surface area contributed by atoms with Gasteiger partial charge in [-0.3, -0.25) is 9.69 Å². The van der Waals surface area contributed by atoms with E-state index in [1.807, 2.05) is 0 Å². The minimum absolute atomic E-state index is 0.00354. The van der Waals surface area contributed by atoms with E-state index in [2.05, 4.69) is 4.90 Å². The van der Waals surface area contributed by atoms with Crippen molar-refractivity contribution in [3.63, 3.8) is 0 Å². The topological polar surface area (TPSA) is 62.2 Å². The maximum Gasteiger partial charge on any atom is 0.248 e. The number of amides is 1. The van der Waals surface area contributed by atoms with Crippen molar-refractivity contribution in [3.05, 3.63) is 30.1 Å². The number of carbonyl (C=O) groups is 1. The molecule has 1 saturated carbocycles. The highest BCUT2D eigenvalue weighted by molar-refractivity contribution is 5.77. The predicted molar refractivity (Wildman–Crippen MR) is 94.5 cm³/mol. The summed E-state index contributed by atoms with van der Waals surface area (Å²) in [6.07, 6.45) is 3.44. The molecule has 2 fully saturated rings. The van der Waals surface area contributed by atoms with E-state index in [1.165, 1.54) is 25.7 Å². The number of benzene rings is 1. The summed E-state index contributed by atoms with van der Waals surface area (Å²) in [5.74, 6) is -0.164. The molecule has 1 saturated heterocycles. The molecule has 26 heavy (non-hydrogen) atoms. The number of carbonyl (C=O) groups excluding carboxylic acids is 1. The van der Waals surface area contributed by atoms with Crippen molar-refractivity contribution in [3.8, 4) is 5.75 Å². The average molecular weight is 366 g/mol. The maximum atomic E-state index is 13.3. The highest BCUT2D eigenvalue weighted by Crippen LogP contribution is 2.28. The Kier molecular flexibility index (Phi) is 6.11. The second-order valence-corrected chi connectivity index (χ2v) is 7.27. The van der Waals surface area contributed by atoms with Gasteiger partial charge in [0.1, 0.15) is 30.4 Å². The molecule has 7 heteroatoms. The lowest BCUT2D eigenvalue weighted by Gasteiger charge is -2.40. The highest BCUT2D eigenvalue weighted by atomic mass is 19.1. The Morgan fingerprint density at radius 1 is 1.35 bits per heavy atom. The average Bonchev–Trinajstić information content (AvgIpc) is 2.72. The van der Waals surface area contributed by atoms with Gasteiger partial charge in [0.05, 0.1) is 6.54 Å². The summed E-state index contributed by atoms with van der Waals surface area (Å²) in [4.78, 5) is 16.2. The van der Waals surface area contributed by atoms with Gasteiger partial charge < -0.3 is 19.5 Å². The number of nitrogens with zero attached hydrogens (tertiary/aromatic N) is 2. The molecular formula is C19H27FN2O4. The molecule has 1 N–H and O–H groups in total. The summed E-state index contributed by atoms with van der Waals surface area (Å²) in [5, 5.41) is 11.2. The fourth-order valence-electron chi connectivity index (χ4n) is 3.55. The third kappa shape index (κ3) is 4.72. The fourth-order valence-corrected chi connectivity index (χ4v) is 3.55. The van der Waals surface area contributed by atoms with Gasteiger partial charge >= 0.3 is 0 Å². The number of aliphatic hydroxyl groups is 1. The molecule has 0 radical (unpaired) electrons. The van der Waals surface area contributed by atoms with Crippen LogP contribution in [0, 0.1) is 5.82 Å². The number of hydrogen-bond donors (Lipinski definition) is 1. The Bertz CT molecular complexity index is 625. The molecule has 0 bridgehead atoms. The first-order valence-corrected chi connectivity index (χ1v) is 9.11. The number of β-amino-alcohol motifs (C(OH)–C–C–N with tert-alkyl or cyclic N) is 1. The molecule has 1 amide bonds. The van der Waals surface area contributed by atoms with Gasteiger partial charge in [-0.2, -0.15) is 0 Å². The number of halogens is 1. The fraction of sp³-hybridized carbons (Fsp3) is 0.632. The van der Waals surface area contributed by atoms with Gasteiger partial charge in [-0.15, -0.1) is 0 Å². The normalized spacial score (nSPS) is 24.8. The lowest BCUT2D eigenvalue weighted by molar-refractivity contribution is -0.138. The number of methoxy groups -OCH3 is 1. The van der Waals surface area contributed by atoms with Crippen LogP contribution in [0.2, 0.25) is 0 Å². The quantitative estimate of drug-likeness (QED) is 0.822. The molecule has 6 nitrogen and oxygen atoms in total. The predicted octanol–water partition coefficient (Wildman–Crippen LogP) is 1.28. The highest BCUT2D eigenvalue weighted by Gasteiger charge is 2.40. The van der Waals surface area contributed by atoms with Crippen LogP contribution in [0.4, 0.5) is 4.39 Å². The minimum Gasteiger partial charge on any atom is -0.490 e. The standard InChI is InChI=1S/C19H27FN2O4/c1-25-11-18(23)22-9-8-21(16-5-3-6-16)12-19(24,13-22)14-26-17-7-2-4-15(20)10-17/h2,4,7,10,16,24H,3,5-6,8-9,11-14H2,1H3/t19-/m1/s1. The van der Waals surface area contributed by atoms with Crippen LogP contribution in [0.5, 0.6) is 5.75 Å². The molecule has 0 unspecified atom stereocenters. The van der Waals surface area contributed by atoms with Gasteiger partial charge in [-0.1, -0.05) is 12.5 Å². The summed E-state index contributed by atoms with van der Waals surface area (Å²) in [5.41, 5.74) is -1.22. The van der Waals surface area contributed by atoms with E-state index in [4.69, 9.17) is 9.47 Å². The van der Waals surface area contributed by atoms with Crippen LogP contribution < -0.4 is 4.74 Å². The molecule has 0 spiro atoms. The lowest BCUT2D eigenvalue weighted by atomic mass is 9.90. The van der Waals surface area contributed by atoms with Crippen molar-refractivity contribution in [2.45, 2.75) is 30.9 Å². The van der Waals surface area contributed by atoms with Crippen molar-refractivity contribution in [1.82, 2.24) is 9.80 Å². The summed E-state index contributed by atoms with van der Waals surface area (Å²) in [7, 11) is 1.48. The monoisotopic (exact) mass is 366 g/mol. The Hall–Kier alpha value is -1.70. The minimum atomic E-state index is -1.22. The van der Waals surface area contributed by atoms with Crippen LogP contribution in [0.25, 0.3) is 0 Å². The van der Waals surface area contributed by atoms with E-state index in [0.29, 0.717) is 24.9 Å². The van der Waals surface area contributed by atoms with Gasteiger partial charge in [0.2, 0.25) is 5.91 Å². The van der Waals surface area contributed by atoms with Crippen molar-refractivity contribution in [2.75, 3.05) is 46.5 Å². The van der Waals surface area contributed by atoms with Crippen LogP contribution >= 0.6 is 0 Å². The van der Waals surface area contributed by atoms with Crippen LogP contribution in [-0.4, -0.2) is 79.0 Å². The summed E-state index contributed by atoms with van der Waals surface area (Å²) >= 11 is 0. The zero-order valence-corrected chi connectivity index (χ0v) is 15.2. The molecule has 144 valence electrons. The van der Waals surface area contributed by atoms with Gasteiger partial charge in [-0.25, -0.2) is 4.39 Å². The molecular weight excluding hydrogens is 339 g/mol. The molecule has 1 atom stereocenters. The van der Waals surface area contributed by atoms with E-state index in [1.54, 1.807) is 17.0 Å². The molecule has 3 rings (SSSR count). The first-order chi connectivity index (χ1) is 12.5. The van der Waals surface area contributed by atoms with E-state index in [9.17, 15) is 14.3 Å². The van der Waals surface area contributed by atoms with Gasteiger partial charge in [0, 0.05) is 38.9 Å². The Morgan fingerprint density at radius 3 is 2.81 bits per heavy atom. The smallest absolute Gasteiger partial charge is 0.248 e. The van der Waals surface area contributed by atoms with E-state index < -0.39 is 5.60 Å². The SMILES string of the molecule is COCC(=O)N1CCN(C2CCC2)C[C@](O)(COc2cccc(F)c2)C1. The molecule has 1 aromatic rings. The summed E-state index contributed by atoms with van der Waals surface area (Å²) in [6.45, 7) is 1.88. The zero-order valence-electron chi connectivity index (χ0n) is 15.2. The number of rotatable bonds is 6. The molecule has 1 aliphatic heterocycles. The van der Waals surface area contributed by atoms with Crippen LogP contribution in [-0.2, 0) is 9.53 Å². The van der Waals surface area contributed by atoms with Crippen molar-refractivity contribution < 1.29 is 23.8 Å². The van der Waals surface area contributed by atoms with E-state index in [-0.39, 0.29) is 31.5 Å². The molecule has 2 aliphatic rings. The number of hydrogen-bond acceptors (Lipinski definition) is 5. The Labute approximate surface area is 153 Å². The zero-order chi connectivity index (χ0) is 18.6. The van der Waals surface area contributed by atoms with E-state index in [0.717, 1.165) is 19.4 Å². The summed E-state index contributed by atoms with van der Waals surface area (Å²) in [6, 6.07) is 6.31. The Balaban J connectivity index is 1.71. The first-order valence-electron chi connectivity index (χ1n) is 9.11. The van der Waals surface area contributed by atoms with Gasteiger partial charge in [0.15, 0.2) is 0 Å². The van der Waals surface area contributed by atoms with Crippen LogP contribution in [0.1, 0.15) is 19.3 Å². The lowest BCUT2D eigenvalue weighted by Crippen LogP contribution is -2.54. The second kappa shape index (κ2) is 8.33. The summed E-state index contributed by atoms with van der Waals surface area (Å²) < 4.78 is 24.0. The molecule has 1 aromatic carbocycles. The maximum absolute atomic E-state index is 13.3. The van der Waals surface area contributed by atoms with Crippen molar-refractivity contribution >= 4 is 5.91 Å². The van der Waals surface area contributed by atoms with Gasteiger partial charge in [0.25, 0.3) is 0 Å². The third-order valence-electron chi connectivity index (χ3n) is 5.15. The van der Waals surface area contributed by atoms with E-state index >= 15 is 0 Å². The first kappa shape index (κ1) is 19.1. The van der Waals surface area contributed by atoms with Crippen LogP contribution in [0.15, 0.2) is 24.3 Å². The Morgan fingerprint density at radius 2 is 2.15 bits per heavy atom. The largest absolute Gasteiger partial charge is 0.490 e. The number of ether oxygens (including phenoxy) is 2. The molecule has 1 aliphatic carbocycles. The van der Waals surface area contributed by atoms with Crippen LogP contribution in [0.3, 0.4) is 0 Å². The molecule has 1 heterocycles. The second-order valence-electron chi connectivity index (χ2n) is 7.27. The van der Waals surface area contributed by atoms with Crippen molar-refractivity contribution in [2.24, 2.45) is 0 Å².